The van der Waals surface area contributed by atoms with Crippen LogP contribution in [-0.4, -0.2) is 5.97 Å². The molecule has 0 N–H and O–H groups in total. The van der Waals surface area contributed by atoms with E-state index in [1.54, 1.807) is 0 Å². The van der Waals surface area contributed by atoms with E-state index in [4.69, 9.17) is 16.3 Å². The van der Waals surface area contributed by atoms with Crippen LogP contribution < -0.4 is 0 Å². The van der Waals surface area contributed by atoms with Gasteiger partial charge < -0.3 is 4.74 Å². The van der Waals surface area contributed by atoms with E-state index in [0.717, 1.165) is 11.1 Å². The van der Waals surface area contributed by atoms with Crippen LogP contribution >= 0.6 is 11.6 Å². The number of esters is 1. The normalized spacial score (nSPS) is 11.8. The van der Waals surface area contributed by atoms with Crippen molar-refractivity contribution in [2.24, 2.45) is 0 Å². The molecule has 0 bridgehead atoms. The summed E-state index contributed by atoms with van der Waals surface area (Å²) in [6.07, 6.45) is 0.179. The lowest BCUT2D eigenvalue weighted by Crippen LogP contribution is -2.07. The molecular formula is C16H15ClO2. The second-order valence-electron chi connectivity index (χ2n) is 4.23. The SMILES string of the molecule is O=C(C[C@H](Cl)c1ccccc1)OCc1ccccc1. The van der Waals surface area contributed by atoms with Crippen molar-refractivity contribution in [1.82, 2.24) is 0 Å². The Kier molecular flexibility index (Phi) is 4.99. The molecule has 98 valence electrons. The fourth-order valence-electron chi connectivity index (χ4n) is 1.72. The van der Waals surface area contributed by atoms with Gasteiger partial charge in [-0.15, -0.1) is 11.6 Å². The van der Waals surface area contributed by atoms with E-state index >= 15 is 0 Å². The summed E-state index contributed by atoms with van der Waals surface area (Å²) in [6, 6.07) is 19.1. The van der Waals surface area contributed by atoms with Crippen LogP contribution in [0.3, 0.4) is 0 Å². The van der Waals surface area contributed by atoms with Gasteiger partial charge in [0, 0.05) is 0 Å². The van der Waals surface area contributed by atoms with E-state index in [1.807, 2.05) is 60.7 Å². The maximum atomic E-state index is 11.7. The van der Waals surface area contributed by atoms with Gasteiger partial charge in [0.2, 0.25) is 0 Å². The Hall–Kier alpha value is -1.80. The fourth-order valence-corrected chi connectivity index (χ4v) is 1.99. The summed E-state index contributed by atoms with van der Waals surface area (Å²) < 4.78 is 5.20. The summed E-state index contributed by atoms with van der Waals surface area (Å²) >= 11 is 6.18. The van der Waals surface area contributed by atoms with Crippen molar-refractivity contribution >= 4 is 17.6 Å². The molecule has 3 heteroatoms. The Morgan fingerprint density at radius 2 is 1.58 bits per heavy atom. The highest BCUT2D eigenvalue weighted by atomic mass is 35.5. The molecule has 0 aliphatic rings. The van der Waals surface area contributed by atoms with E-state index in [9.17, 15) is 4.79 Å². The van der Waals surface area contributed by atoms with Crippen molar-refractivity contribution in [3.05, 3.63) is 71.8 Å². The number of carbonyl (C=O) groups excluding carboxylic acids is 1. The summed E-state index contributed by atoms with van der Waals surface area (Å²) in [4.78, 5) is 11.7. The first-order valence-corrected chi connectivity index (χ1v) is 6.58. The second-order valence-corrected chi connectivity index (χ2v) is 4.76. The molecule has 0 spiro atoms. The predicted molar refractivity (Wildman–Crippen MR) is 75.9 cm³/mol. The highest BCUT2D eigenvalue weighted by Crippen LogP contribution is 2.24. The van der Waals surface area contributed by atoms with E-state index in [0.29, 0.717) is 0 Å². The van der Waals surface area contributed by atoms with Crippen LogP contribution in [0.25, 0.3) is 0 Å². The third-order valence-electron chi connectivity index (χ3n) is 2.75. The molecule has 0 aliphatic carbocycles. The molecule has 19 heavy (non-hydrogen) atoms. The number of ether oxygens (including phenoxy) is 1. The molecule has 0 amide bonds. The smallest absolute Gasteiger partial charge is 0.307 e. The number of carbonyl (C=O) groups is 1. The first kappa shape index (κ1) is 13.6. The topological polar surface area (TPSA) is 26.3 Å². The Bertz CT molecular complexity index is 511. The molecule has 0 aromatic heterocycles. The van der Waals surface area contributed by atoms with Crippen molar-refractivity contribution in [2.75, 3.05) is 0 Å². The lowest BCUT2D eigenvalue weighted by Gasteiger charge is -2.09. The van der Waals surface area contributed by atoms with Crippen LogP contribution in [0.1, 0.15) is 22.9 Å². The number of halogens is 1. The van der Waals surface area contributed by atoms with E-state index in [1.165, 1.54) is 0 Å². The number of alkyl halides is 1. The highest BCUT2D eigenvalue weighted by molar-refractivity contribution is 6.21. The van der Waals surface area contributed by atoms with Gasteiger partial charge >= 0.3 is 5.97 Å². The average Bonchev–Trinajstić information content (AvgIpc) is 2.47. The summed E-state index contributed by atoms with van der Waals surface area (Å²) in [5, 5.41) is -0.343. The van der Waals surface area contributed by atoms with Crippen LogP contribution in [0.15, 0.2) is 60.7 Å². The summed E-state index contributed by atoms with van der Waals surface area (Å²) in [6.45, 7) is 0.290. The van der Waals surface area contributed by atoms with Crippen molar-refractivity contribution in [3.8, 4) is 0 Å². The third kappa shape index (κ3) is 4.42. The zero-order chi connectivity index (χ0) is 13.5. The third-order valence-corrected chi connectivity index (χ3v) is 3.16. The van der Waals surface area contributed by atoms with Crippen molar-refractivity contribution in [3.63, 3.8) is 0 Å². The van der Waals surface area contributed by atoms with E-state index < -0.39 is 0 Å². The molecule has 2 aromatic carbocycles. The average molecular weight is 275 g/mol. The maximum Gasteiger partial charge on any atom is 0.307 e. The molecule has 0 saturated heterocycles. The molecule has 0 unspecified atom stereocenters. The van der Waals surface area contributed by atoms with Gasteiger partial charge in [-0.2, -0.15) is 0 Å². The van der Waals surface area contributed by atoms with Crippen LogP contribution in [0.5, 0.6) is 0 Å². The minimum Gasteiger partial charge on any atom is -0.461 e. The summed E-state index contributed by atoms with van der Waals surface area (Å²) in [5.41, 5.74) is 1.91. The number of hydrogen-bond acceptors (Lipinski definition) is 2. The zero-order valence-electron chi connectivity index (χ0n) is 10.5. The van der Waals surface area contributed by atoms with Crippen LogP contribution in [-0.2, 0) is 16.1 Å². The minimum atomic E-state index is -0.343. The fraction of sp³-hybridized carbons (Fsp3) is 0.188. The van der Waals surface area contributed by atoms with Gasteiger partial charge in [0.05, 0.1) is 11.8 Å². The zero-order valence-corrected chi connectivity index (χ0v) is 11.2. The largest absolute Gasteiger partial charge is 0.461 e. The Morgan fingerprint density at radius 1 is 1.00 bits per heavy atom. The van der Waals surface area contributed by atoms with Crippen molar-refractivity contribution in [2.45, 2.75) is 18.4 Å². The Labute approximate surface area is 118 Å². The molecule has 0 radical (unpaired) electrons. The van der Waals surface area contributed by atoms with Gasteiger partial charge in [-0.25, -0.2) is 0 Å². The molecule has 1 atom stereocenters. The van der Waals surface area contributed by atoms with Crippen LogP contribution in [0, 0.1) is 0 Å². The molecule has 0 aliphatic heterocycles. The first-order valence-electron chi connectivity index (χ1n) is 6.14. The molecule has 0 heterocycles. The quantitative estimate of drug-likeness (QED) is 0.606. The van der Waals surface area contributed by atoms with Gasteiger partial charge in [0.15, 0.2) is 0 Å². The summed E-state index contributed by atoms with van der Waals surface area (Å²) in [7, 11) is 0. The molecule has 2 aromatic rings. The molecule has 2 rings (SSSR count). The Morgan fingerprint density at radius 3 is 2.21 bits per heavy atom. The lowest BCUT2D eigenvalue weighted by atomic mass is 10.1. The van der Waals surface area contributed by atoms with E-state index in [2.05, 4.69) is 0 Å². The lowest BCUT2D eigenvalue weighted by molar-refractivity contribution is -0.145. The first-order chi connectivity index (χ1) is 9.25. The predicted octanol–water partition coefficient (Wildman–Crippen LogP) is 4.10. The minimum absolute atomic E-state index is 0.179. The number of rotatable bonds is 5. The van der Waals surface area contributed by atoms with Gasteiger partial charge in [-0.05, 0) is 11.1 Å². The van der Waals surface area contributed by atoms with Gasteiger partial charge in [-0.3, -0.25) is 4.79 Å². The standard InChI is InChI=1S/C16H15ClO2/c17-15(14-9-5-2-6-10-14)11-16(18)19-12-13-7-3-1-4-8-13/h1-10,15H,11-12H2/t15-/m0/s1. The second kappa shape index (κ2) is 6.95. The van der Waals surface area contributed by atoms with Gasteiger partial charge in [-0.1, -0.05) is 60.7 Å². The number of benzene rings is 2. The summed E-state index contributed by atoms with van der Waals surface area (Å²) in [5.74, 6) is -0.285. The van der Waals surface area contributed by atoms with Crippen molar-refractivity contribution in [1.29, 1.82) is 0 Å². The Balaban J connectivity index is 1.82. The molecule has 2 nitrogen and oxygen atoms in total. The molecular weight excluding hydrogens is 260 g/mol. The number of hydrogen-bond donors (Lipinski definition) is 0. The highest BCUT2D eigenvalue weighted by Gasteiger charge is 2.14. The van der Waals surface area contributed by atoms with Crippen LogP contribution in [0.4, 0.5) is 0 Å². The molecule has 0 saturated carbocycles. The van der Waals surface area contributed by atoms with Crippen LogP contribution in [0.2, 0.25) is 0 Å². The van der Waals surface area contributed by atoms with Gasteiger partial charge in [0.25, 0.3) is 0 Å². The molecule has 0 fully saturated rings. The monoisotopic (exact) mass is 274 g/mol. The maximum absolute atomic E-state index is 11.7. The van der Waals surface area contributed by atoms with Gasteiger partial charge in [0.1, 0.15) is 6.61 Å². The van der Waals surface area contributed by atoms with E-state index in [-0.39, 0.29) is 24.4 Å². The van der Waals surface area contributed by atoms with Crippen molar-refractivity contribution < 1.29 is 9.53 Å².